The number of hydrogen-bond acceptors (Lipinski definition) is 3. The predicted molar refractivity (Wildman–Crippen MR) is 70.7 cm³/mol. The smallest absolute Gasteiger partial charge is 0.115 e. The van der Waals surface area contributed by atoms with Gasteiger partial charge in [-0.15, -0.1) is 0 Å². The summed E-state index contributed by atoms with van der Waals surface area (Å²) < 4.78 is 11.3. The molecule has 1 aromatic rings. The first-order valence-corrected chi connectivity index (χ1v) is 7.59. The maximum atomic E-state index is 11.3. The maximum Gasteiger partial charge on any atom is 0.115 e. The van der Waals surface area contributed by atoms with Gasteiger partial charge in [-0.3, -0.25) is 4.21 Å². The van der Waals surface area contributed by atoms with E-state index in [4.69, 9.17) is 0 Å². The summed E-state index contributed by atoms with van der Waals surface area (Å²) in [5, 5.41) is 12.9. The molecule has 0 fully saturated rings. The van der Waals surface area contributed by atoms with Crippen molar-refractivity contribution in [2.24, 2.45) is 0 Å². The third-order valence-corrected chi connectivity index (χ3v) is 4.55. The highest BCUT2D eigenvalue weighted by Crippen LogP contribution is 2.32. The molecule has 0 radical (unpaired) electrons. The van der Waals surface area contributed by atoms with Crippen molar-refractivity contribution in [1.82, 2.24) is 5.32 Å². The molecule has 2 atom stereocenters. The van der Waals surface area contributed by atoms with Gasteiger partial charge >= 0.3 is 0 Å². The minimum atomic E-state index is -0.691. The number of phenolic OH excluding ortho intramolecular Hbond substituents is 1. The van der Waals surface area contributed by atoms with Crippen LogP contribution in [0.2, 0.25) is 0 Å². The molecule has 94 valence electrons. The van der Waals surface area contributed by atoms with Crippen LogP contribution in [0.4, 0.5) is 0 Å². The number of aromatic hydroxyl groups is 1. The molecule has 1 aliphatic carbocycles. The average Bonchev–Trinajstić information content (AvgIpc) is 2.71. The van der Waals surface area contributed by atoms with Crippen LogP contribution in [0, 0.1) is 0 Å². The first-order chi connectivity index (χ1) is 8.20. The molecule has 17 heavy (non-hydrogen) atoms. The van der Waals surface area contributed by atoms with Gasteiger partial charge in [0.15, 0.2) is 0 Å². The zero-order chi connectivity index (χ0) is 12.3. The first kappa shape index (κ1) is 12.6. The van der Waals surface area contributed by atoms with Gasteiger partial charge in [0, 0.05) is 34.9 Å². The Bertz CT molecular complexity index is 420. The fraction of sp³-hybridized carbons (Fsp3) is 0.538. The number of hydrogen-bond donors (Lipinski definition) is 2. The van der Waals surface area contributed by atoms with Crippen LogP contribution in [0.1, 0.15) is 30.5 Å². The Labute approximate surface area is 105 Å². The fourth-order valence-corrected chi connectivity index (χ4v) is 2.94. The van der Waals surface area contributed by atoms with Crippen molar-refractivity contribution >= 4 is 10.8 Å². The molecule has 0 heterocycles. The molecular formula is C13H19NO2S. The Morgan fingerprint density at radius 2 is 2.35 bits per heavy atom. The van der Waals surface area contributed by atoms with Crippen molar-refractivity contribution in [3.05, 3.63) is 29.3 Å². The first-order valence-electron chi connectivity index (χ1n) is 6.11. The Hall–Kier alpha value is -0.870. The zero-order valence-electron chi connectivity index (χ0n) is 10.1. The van der Waals surface area contributed by atoms with Crippen LogP contribution < -0.4 is 5.32 Å². The number of fused-ring (bicyclic) bond motifs is 1. The van der Waals surface area contributed by atoms with E-state index in [1.807, 2.05) is 19.1 Å². The summed E-state index contributed by atoms with van der Waals surface area (Å²) in [6.45, 7) is 2.75. The van der Waals surface area contributed by atoms with Gasteiger partial charge < -0.3 is 10.4 Å². The van der Waals surface area contributed by atoms with Gasteiger partial charge in [-0.2, -0.15) is 0 Å². The molecule has 0 aromatic heterocycles. The van der Waals surface area contributed by atoms with E-state index < -0.39 is 10.8 Å². The lowest BCUT2D eigenvalue weighted by atomic mass is 10.1. The highest BCUT2D eigenvalue weighted by molar-refractivity contribution is 7.84. The third kappa shape index (κ3) is 3.07. The van der Waals surface area contributed by atoms with Crippen molar-refractivity contribution in [2.75, 3.05) is 18.1 Å². The molecule has 4 heteroatoms. The van der Waals surface area contributed by atoms with Crippen LogP contribution in [0.5, 0.6) is 5.75 Å². The van der Waals surface area contributed by atoms with Crippen molar-refractivity contribution in [1.29, 1.82) is 0 Å². The number of aryl methyl sites for hydroxylation is 1. The van der Waals surface area contributed by atoms with Crippen LogP contribution in [0.15, 0.2) is 18.2 Å². The molecule has 0 bridgehead atoms. The number of benzene rings is 1. The van der Waals surface area contributed by atoms with E-state index in [0.29, 0.717) is 11.8 Å². The lowest BCUT2D eigenvalue weighted by Crippen LogP contribution is -2.24. The Kier molecular flexibility index (Phi) is 4.18. The van der Waals surface area contributed by atoms with Crippen molar-refractivity contribution in [3.8, 4) is 5.75 Å². The fourth-order valence-electron chi connectivity index (χ4n) is 2.31. The summed E-state index contributed by atoms with van der Waals surface area (Å²) in [6.07, 6.45) is 2.08. The van der Waals surface area contributed by atoms with E-state index in [0.717, 1.165) is 30.9 Å². The number of rotatable bonds is 5. The largest absolute Gasteiger partial charge is 0.508 e. The molecule has 2 N–H and O–H groups in total. The molecular weight excluding hydrogens is 234 g/mol. The molecule has 0 saturated carbocycles. The maximum absolute atomic E-state index is 11.3. The Balaban J connectivity index is 1.91. The van der Waals surface area contributed by atoms with Gasteiger partial charge in [0.1, 0.15) is 5.75 Å². The summed E-state index contributed by atoms with van der Waals surface area (Å²) in [5.41, 5.74) is 2.52. The highest BCUT2D eigenvalue weighted by Gasteiger charge is 2.21. The van der Waals surface area contributed by atoms with E-state index >= 15 is 0 Å². The van der Waals surface area contributed by atoms with Crippen LogP contribution in [-0.2, 0) is 17.2 Å². The van der Waals surface area contributed by atoms with Crippen molar-refractivity contribution in [3.63, 3.8) is 0 Å². The lowest BCUT2D eigenvalue weighted by molar-refractivity contribution is 0.474. The topological polar surface area (TPSA) is 49.3 Å². The van der Waals surface area contributed by atoms with E-state index in [9.17, 15) is 9.32 Å². The quantitative estimate of drug-likeness (QED) is 0.840. The van der Waals surface area contributed by atoms with Crippen LogP contribution in [0.3, 0.4) is 0 Å². The van der Waals surface area contributed by atoms with Crippen LogP contribution >= 0.6 is 0 Å². The van der Waals surface area contributed by atoms with Gasteiger partial charge in [-0.1, -0.05) is 13.0 Å². The number of nitrogens with one attached hydrogen (secondary N) is 1. The second-order valence-electron chi connectivity index (χ2n) is 4.36. The molecule has 0 spiro atoms. The molecule has 2 rings (SSSR count). The zero-order valence-corrected chi connectivity index (χ0v) is 10.9. The summed E-state index contributed by atoms with van der Waals surface area (Å²) in [6, 6.07) is 5.94. The van der Waals surface area contributed by atoms with Gasteiger partial charge in [-0.25, -0.2) is 0 Å². The van der Waals surface area contributed by atoms with Gasteiger partial charge in [0.25, 0.3) is 0 Å². The Morgan fingerprint density at radius 3 is 3.12 bits per heavy atom. The highest BCUT2D eigenvalue weighted by atomic mass is 32.2. The standard InChI is InChI=1S/C13H19NO2S/c1-2-17(16)8-7-14-13-6-3-10-9-11(15)4-5-12(10)13/h4-5,9,13-15H,2-3,6-8H2,1H3. The normalized spacial score (nSPS) is 20.2. The van der Waals surface area contributed by atoms with Crippen LogP contribution in [0.25, 0.3) is 0 Å². The molecule has 1 aliphatic rings. The molecule has 2 unspecified atom stereocenters. The Morgan fingerprint density at radius 1 is 1.53 bits per heavy atom. The van der Waals surface area contributed by atoms with Gasteiger partial charge in [-0.05, 0) is 36.1 Å². The summed E-state index contributed by atoms with van der Waals surface area (Å²) in [7, 11) is -0.691. The minimum Gasteiger partial charge on any atom is -0.508 e. The summed E-state index contributed by atoms with van der Waals surface area (Å²) >= 11 is 0. The van der Waals surface area contributed by atoms with E-state index in [2.05, 4.69) is 5.32 Å². The third-order valence-electron chi connectivity index (χ3n) is 3.25. The molecule has 0 saturated heterocycles. The van der Waals surface area contributed by atoms with Gasteiger partial charge in [0.05, 0.1) is 0 Å². The van der Waals surface area contributed by atoms with Gasteiger partial charge in [0.2, 0.25) is 0 Å². The summed E-state index contributed by atoms with van der Waals surface area (Å²) in [4.78, 5) is 0. The summed E-state index contributed by atoms with van der Waals surface area (Å²) in [5.74, 6) is 1.80. The minimum absolute atomic E-state index is 0.344. The molecule has 0 aliphatic heterocycles. The monoisotopic (exact) mass is 253 g/mol. The van der Waals surface area contributed by atoms with E-state index in [1.165, 1.54) is 11.1 Å². The van der Waals surface area contributed by atoms with E-state index in [-0.39, 0.29) is 0 Å². The molecule has 1 aromatic carbocycles. The number of phenols is 1. The molecule has 0 amide bonds. The van der Waals surface area contributed by atoms with Crippen molar-refractivity contribution < 1.29 is 9.32 Å². The SMILES string of the molecule is CCS(=O)CCNC1CCc2cc(O)ccc21. The molecule has 3 nitrogen and oxygen atoms in total. The van der Waals surface area contributed by atoms with Crippen LogP contribution in [-0.4, -0.2) is 27.4 Å². The van der Waals surface area contributed by atoms with Crippen molar-refractivity contribution in [2.45, 2.75) is 25.8 Å². The second kappa shape index (κ2) is 5.65. The lowest BCUT2D eigenvalue weighted by Gasteiger charge is -2.13. The average molecular weight is 253 g/mol. The second-order valence-corrected chi connectivity index (χ2v) is 6.23. The predicted octanol–water partition coefficient (Wildman–Crippen LogP) is 1.74. The van der Waals surface area contributed by atoms with E-state index in [1.54, 1.807) is 6.07 Å².